The van der Waals surface area contributed by atoms with Crippen molar-refractivity contribution in [3.8, 4) is 0 Å². The van der Waals surface area contributed by atoms with Gasteiger partial charge in [0.2, 0.25) is 26.0 Å². The highest BCUT2D eigenvalue weighted by atomic mass is 32.2. The van der Waals surface area contributed by atoms with Crippen LogP contribution in [0, 0.1) is 20.8 Å². The van der Waals surface area contributed by atoms with Gasteiger partial charge in [0.15, 0.2) is 0 Å². The van der Waals surface area contributed by atoms with Gasteiger partial charge in [-0.2, -0.15) is 8.61 Å². The molecule has 0 aromatic heterocycles. The van der Waals surface area contributed by atoms with E-state index in [1.165, 1.54) is 28.4 Å². The van der Waals surface area contributed by atoms with Gasteiger partial charge in [-0.15, -0.1) is 0 Å². The lowest BCUT2D eigenvalue weighted by molar-refractivity contribution is -0.132. The largest absolute Gasteiger partial charge is 0.339 e. The monoisotopic (exact) mass is 479 g/mol. The summed E-state index contributed by atoms with van der Waals surface area (Å²) in [7, 11) is -6.08. The molecule has 1 saturated heterocycles. The quantitative estimate of drug-likeness (QED) is 0.629. The highest BCUT2D eigenvalue weighted by molar-refractivity contribution is 7.89. The summed E-state index contributed by atoms with van der Waals surface area (Å²) in [5, 5.41) is 0. The number of carbonyl (C=O) groups is 1. The lowest BCUT2D eigenvalue weighted by Gasteiger charge is -2.35. The van der Waals surface area contributed by atoms with Crippen LogP contribution < -0.4 is 0 Å². The van der Waals surface area contributed by atoms with E-state index in [0.29, 0.717) is 5.56 Å². The van der Waals surface area contributed by atoms with E-state index in [9.17, 15) is 21.6 Å². The Morgan fingerprint density at radius 1 is 0.875 bits per heavy atom. The number of aryl methyl sites for hydroxylation is 3. The van der Waals surface area contributed by atoms with Gasteiger partial charge in [0.05, 0.1) is 16.3 Å². The molecular formula is C22H29N3O5S2. The van der Waals surface area contributed by atoms with E-state index in [-0.39, 0.29) is 48.4 Å². The number of carbonyl (C=O) groups excluding carboxylic acids is 1. The van der Waals surface area contributed by atoms with Crippen molar-refractivity contribution in [2.45, 2.75) is 30.6 Å². The van der Waals surface area contributed by atoms with Crippen LogP contribution in [0.3, 0.4) is 0 Å². The zero-order chi connectivity index (χ0) is 23.7. The van der Waals surface area contributed by atoms with Gasteiger partial charge in [-0.25, -0.2) is 16.8 Å². The molecule has 0 radical (unpaired) electrons. The van der Waals surface area contributed by atoms with Crippen molar-refractivity contribution in [3.05, 3.63) is 59.2 Å². The van der Waals surface area contributed by atoms with Gasteiger partial charge >= 0.3 is 0 Å². The zero-order valence-corrected chi connectivity index (χ0v) is 20.4. The van der Waals surface area contributed by atoms with E-state index in [1.54, 1.807) is 31.2 Å². The van der Waals surface area contributed by atoms with Gasteiger partial charge in [0.1, 0.15) is 0 Å². The summed E-state index contributed by atoms with van der Waals surface area (Å²) in [6.07, 6.45) is 0. The first kappa shape index (κ1) is 24.4. The summed E-state index contributed by atoms with van der Waals surface area (Å²) in [5.41, 5.74) is 2.48. The number of benzene rings is 2. The Morgan fingerprint density at radius 3 is 2.03 bits per heavy atom. The first-order valence-corrected chi connectivity index (χ1v) is 13.2. The van der Waals surface area contributed by atoms with E-state index >= 15 is 0 Å². The average Bonchev–Trinajstić information content (AvgIpc) is 2.75. The Morgan fingerprint density at radius 2 is 1.44 bits per heavy atom. The van der Waals surface area contributed by atoms with Crippen molar-refractivity contribution >= 4 is 26.0 Å². The summed E-state index contributed by atoms with van der Waals surface area (Å²) < 4.78 is 54.0. The number of piperazine rings is 1. The molecule has 2 aromatic carbocycles. The van der Waals surface area contributed by atoms with Gasteiger partial charge in [-0.05, 0) is 50.1 Å². The van der Waals surface area contributed by atoms with Gasteiger partial charge in [0, 0.05) is 33.2 Å². The normalized spacial score (nSPS) is 15.8. The molecule has 1 heterocycles. The molecule has 0 bridgehead atoms. The summed E-state index contributed by atoms with van der Waals surface area (Å²) in [5.74, 6) is -0.355. The molecular weight excluding hydrogens is 450 g/mol. The zero-order valence-electron chi connectivity index (χ0n) is 18.8. The molecule has 0 aliphatic carbocycles. The Bertz CT molecular complexity index is 1200. The number of likely N-dealkylation sites (N-methyl/N-ethyl adjacent to an activating group) is 1. The third-order valence-corrected chi connectivity index (χ3v) is 9.50. The molecule has 1 aliphatic rings. The molecule has 32 heavy (non-hydrogen) atoms. The number of rotatable bonds is 6. The van der Waals surface area contributed by atoms with Gasteiger partial charge in [-0.1, -0.05) is 29.8 Å². The minimum Gasteiger partial charge on any atom is -0.339 e. The molecule has 10 heteroatoms. The van der Waals surface area contributed by atoms with Crippen LogP contribution in [0.5, 0.6) is 0 Å². The van der Waals surface area contributed by atoms with Crippen LogP contribution >= 0.6 is 0 Å². The predicted molar refractivity (Wildman–Crippen MR) is 122 cm³/mol. The minimum absolute atomic E-state index is 0.128. The maximum atomic E-state index is 13.1. The van der Waals surface area contributed by atoms with Crippen LogP contribution in [0.1, 0.15) is 16.7 Å². The van der Waals surface area contributed by atoms with E-state index < -0.39 is 20.0 Å². The van der Waals surface area contributed by atoms with Crippen LogP contribution in [0.25, 0.3) is 0 Å². The number of hydrogen-bond donors (Lipinski definition) is 0. The second-order valence-corrected chi connectivity index (χ2v) is 12.1. The average molecular weight is 480 g/mol. The smallest absolute Gasteiger partial charge is 0.243 e. The maximum Gasteiger partial charge on any atom is 0.243 e. The summed E-state index contributed by atoms with van der Waals surface area (Å²) in [6, 6.07) is 11.8. The van der Waals surface area contributed by atoms with Crippen LogP contribution in [0.4, 0.5) is 0 Å². The minimum atomic E-state index is -3.79. The molecule has 0 atom stereocenters. The molecule has 1 fully saturated rings. The van der Waals surface area contributed by atoms with Crippen molar-refractivity contribution in [1.29, 1.82) is 0 Å². The van der Waals surface area contributed by atoms with Crippen LogP contribution in [-0.2, 0) is 24.8 Å². The van der Waals surface area contributed by atoms with Crippen molar-refractivity contribution in [2.75, 3.05) is 39.8 Å². The van der Waals surface area contributed by atoms with E-state index in [0.717, 1.165) is 15.4 Å². The second kappa shape index (κ2) is 9.30. The molecule has 3 rings (SSSR count). The topological polar surface area (TPSA) is 95.1 Å². The standard InChI is InChI=1S/C22H29N3O5S2/c1-17-6-9-20(10-7-17)31(27,28)23(4)16-22(26)24-11-13-25(14-12-24)32(29,30)21-15-18(2)5-8-19(21)3/h5-10,15H,11-14,16H2,1-4H3. The van der Waals surface area contributed by atoms with Crippen LogP contribution in [0.2, 0.25) is 0 Å². The molecule has 0 spiro atoms. The third kappa shape index (κ3) is 5.03. The van der Waals surface area contributed by atoms with Crippen LogP contribution in [0.15, 0.2) is 52.3 Å². The van der Waals surface area contributed by atoms with Crippen molar-refractivity contribution in [3.63, 3.8) is 0 Å². The summed E-state index contributed by atoms with van der Waals surface area (Å²) in [6.45, 7) is 5.91. The molecule has 0 unspecified atom stereocenters. The van der Waals surface area contributed by atoms with Crippen LogP contribution in [-0.4, -0.2) is 76.0 Å². The fourth-order valence-electron chi connectivity index (χ4n) is 3.57. The maximum absolute atomic E-state index is 13.1. The Balaban J connectivity index is 1.64. The number of sulfonamides is 2. The summed E-state index contributed by atoms with van der Waals surface area (Å²) in [4.78, 5) is 14.6. The third-order valence-electron chi connectivity index (χ3n) is 5.64. The second-order valence-electron chi connectivity index (χ2n) is 8.13. The number of hydrogen-bond acceptors (Lipinski definition) is 5. The Hall–Kier alpha value is -2.27. The van der Waals surface area contributed by atoms with E-state index in [1.807, 2.05) is 19.9 Å². The Labute approximate surface area is 190 Å². The SMILES string of the molecule is Cc1ccc(S(=O)(=O)N(C)CC(=O)N2CCN(S(=O)(=O)c3cc(C)ccc3C)CC2)cc1. The molecule has 174 valence electrons. The predicted octanol–water partition coefficient (Wildman–Crippen LogP) is 1.77. The summed E-state index contributed by atoms with van der Waals surface area (Å²) >= 11 is 0. The lowest BCUT2D eigenvalue weighted by Crippen LogP contribution is -2.52. The molecule has 8 nitrogen and oxygen atoms in total. The molecule has 0 N–H and O–H groups in total. The van der Waals surface area contributed by atoms with Crippen molar-refractivity contribution in [2.24, 2.45) is 0 Å². The van der Waals surface area contributed by atoms with Crippen molar-refractivity contribution in [1.82, 2.24) is 13.5 Å². The van der Waals surface area contributed by atoms with E-state index in [4.69, 9.17) is 0 Å². The van der Waals surface area contributed by atoms with Gasteiger partial charge < -0.3 is 4.90 Å². The first-order valence-electron chi connectivity index (χ1n) is 10.3. The number of nitrogens with zero attached hydrogens (tertiary/aromatic N) is 3. The highest BCUT2D eigenvalue weighted by Crippen LogP contribution is 2.23. The molecule has 0 saturated carbocycles. The van der Waals surface area contributed by atoms with Gasteiger partial charge in [0.25, 0.3) is 0 Å². The van der Waals surface area contributed by atoms with Crippen molar-refractivity contribution < 1.29 is 21.6 Å². The van der Waals surface area contributed by atoms with E-state index in [2.05, 4.69) is 0 Å². The van der Waals surface area contributed by atoms with Gasteiger partial charge in [-0.3, -0.25) is 4.79 Å². The molecule has 1 aliphatic heterocycles. The highest BCUT2D eigenvalue weighted by Gasteiger charge is 2.32. The lowest BCUT2D eigenvalue weighted by atomic mass is 10.2. The fourth-order valence-corrected chi connectivity index (χ4v) is 6.42. The molecule has 2 aromatic rings. The fraction of sp³-hybridized carbons (Fsp3) is 0.409. The number of amides is 1. The Kier molecular flexibility index (Phi) is 7.09. The molecule has 1 amide bonds. The first-order chi connectivity index (χ1) is 14.9.